The minimum Gasteiger partial charge on any atom is -0.332 e. The maximum absolute atomic E-state index is 13.0. The van der Waals surface area contributed by atoms with E-state index >= 15 is 0 Å². The van der Waals surface area contributed by atoms with E-state index in [1.54, 1.807) is 43.5 Å². The number of amides is 2. The number of pyridine rings is 1. The summed E-state index contributed by atoms with van der Waals surface area (Å²) in [5.41, 5.74) is 3.09. The number of rotatable bonds is 7. The lowest BCUT2D eigenvalue weighted by molar-refractivity contribution is -0.116. The summed E-state index contributed by atoms with van der Waals surface area (Å²) in [5, 5.41) is 2.65. The van der Waals surface area contributed by atoms with Gasteiger partial charge in [0, 0.05) is 24.5 Å². The van der Waals surface area contributed by atoms with Crippen LogP contribution in [-0.2, 0) is 14.8 Å². The van der Waals surface area contributed by atoms with Gasteiger partial charge in [-0.25, -0.2) is 13.4 Å². The van der Waals surface area contributed by atoms with Crippen LogP contribution in [0.25, 0.3) is 0 Å². The Morgan fingerprint density at radius 2 is 1.70 bits per heavy atom. The van der Waals surface area contributed by atoms with E-state index in [9.17, 15) is 18.0 Å². The molecule has 0 atom stereocenters. The van der Waals surface area contributed by atoms with Crippen molar-refractivity contribution < 1.29 is 18.0 Å². The fourth-order valence-corrected chi connectivity index (χ4v) is 4.28. The molecule has 2 aromatic carbocycles. The first-order valence-electron chi connectivity index (χ1n) is 10.2. The van der Waals surface area contributed by atoms with Crippen LogP contribution < -0.4 is 10.0 Å². The Hall–Kier alpha value is -3.72. The molecule has 2 N–H and O–H groups in total. The first kappa shape index (κ1) is 23.9. The van der Waals surface area contributed by atoms with Crippen LogP contribution in [0.1, 0.15) is 27.0 Å². The van der Waals surface area contributed by atoms with Crippen molar-refractivity contribution in [3.8, 4) is 0 Å². The fourth-order valence-electron chi connectivity index (χ4n) is 3.20. The van der Waals surface area contributed by atoms with Gasteiger partial charge in [0.2, 0.25) is 5.91 Å². The summed E-state index contributed by atoms with van der Waals surface area (Å²) in [6.45, 7) is 5.24. The molecule has 2 amide bonds. The lowest BCUT2D eigenvalue weighted by Crippen LogP contribution is -2.35. The summed E-state index contributed by atoms with van der Waals surface area (Å²) in [7, 11) is -2.42. The highest BCUT2D eigenvalue weighted by Crippen LogP contribution is 2.21. The Morgan fingerprint density at radius 1 is 0.970 bits per heavy atom. The third-order valence-corrected chi connectivity index (χ3v) is 6.31. The second-order valence-electron chi connectivity index (χ2n) is 7.88. The van der Waals surface area contributed by atoms with Crippen molar-refractivity contribution in [3.05, 3.63) is 83.0 Å². The number of hydrogen-bond donors (Lipinski definition) is 2. The zero-order valence-corrected chi connectivity index (χ0v) is 19.7. The first-order valence-corrected chi connectivity index (χ1v) is 11.7. The molecule has 0 aliphatic heterocycles. The van der Waals surface area contributed by atoms with Crippen molar-refractivity contribution in [2.45, 2.75) is 25.7 Å². The van der Waals surface area contributed by atoms with Crippen LogP contribution in [0.15, 0.2) is 65.7 Å². The van der Waals surface area contributed by atoms with Crippen molar-refractivity contribution in [2.75, 3.05) is 23.6 Å². The number of aryl methyl sites for hydroxylation is 3. The number of nitrogens with zero attached hydrogens (tertiary/aromatic N) is 2. The zero-order valence-electron chi connectivity index (χ0n) is 18.9. The summed E-state index contributed by atoms with van der Waals surface area (Å²) < 4.78 is 28.3. The smallest absolute Gasteiger partial charge is 0.261 e. The Balaban J connectivity index is 1.76. The largest absolute Gasteiger partial charge is 0.332 e. The molecule has 0 aliphatic rings. The van der Waals surface area contributed by atoms with E-state index in [2.05, 4.69) is 15.0 Å². The van der Waals surface area contributed by atoms with Crippen LogP contribution in [0.2, 0.25) is 0 Å². The van der Waals surface area contributed by atoms with Gasteiger partial charge in [-0.2, -0.15) is 0 Å². The molecule has 0 saturated carbocycles. The molecule has 1 heterocycles. The van der Waals surface area contributed by atoms with Gasteiger partial charge in [-0.05, 0) is 73.9 Å². The van der Waals surface area contributed by atoms with Gasteiger partial charge < -0.3 is 10.2 Å². The predicted molar refractivity (Wildman–Crippen MR) is 128 cm³/mol. The summed E-state index contributed by atoms with van der Waals surface area (Å²) in [6, 6.07) is 14.9. The lowest BCUT2D eigenvalue weighted by atomic mass is 10.1. The highest BCUT2D eigenvalue weighted by atomic mass is 32.2. The average Bonchev–Trinajstić information content (AvgIpc) is 2.73. The quantitative estimate of drug-likeness (QED) is 0.554. The van der Waals surface area contributed by atoms with E-state index in [1.165, 1.54) is 24.1 Å². The highest BCUT2D eigenvalue weighted by molar-refractivity contribution is 7.92. The SMILES string of the molecule is Cc1cccc(NS(=O)(=O)c2ccc(C)c(C(=O)N(C)CC(=O)Nc3cc(C)ccn3)c2)c1. The van der Waals surface area contributed by atoms with E-state index in [1.807, 2.05) is 26.0 Å². The van der Waals surface area contributed by atoms with Crippen LogP contribution in [-0.4, -0.2) is 43.7 Å². The minimum atomic E-state index is -3.90. The van der Waals surface area contributed by atoms with Gasteiger partial charge in [0.25, 0.3) is 15.9 Å². The van der Waals surface area contributed by atoms with Gasteiger partial charge in [-0.3, -0.25) is 14.3 Å². The molecule has 0 spiro atoms. The molecule has 0 aliphatic carbocycles. The topological polar surface area (TPSA) is 108 Å². The van der Waals surface area contributed by atoms with E-state index in [0.29, 0.717) is 17.1 Å². The molecule has 0 fully saturated rings. The monoisotopic (exact) mass is 466 g/mol. The Labute approximate surface area is 193 Å². The number of hydrogen-bond acceptors (Lipinski definition) is 5. The number of sulfonamides is 1. The van der Waals surface area contributed by atoms with Crippen LogP contribution in [0.5, 0.6) is 0 Å². The molecule has 9 heteroatoms. The number of anilines is 2. The second kappa shape index (κ2) is 9.83. The minimum absolute atomic E-state index is 0.0419. The van der Waals surface area contributed by atoms with Gasteiger partial charge >= 0.3 is 0 Å². The molecule has 0 bridgehead atoms. The maximum Gasteiger partial charge on any atom is 0.261 e. The third-order valence-electron chi connectivity index (χ3n) is 4.93. The van der Waals surface area contributed by atoms with Gasteiger partial charge in [-0.15, -0.1) is 0 Å². The third kappa shape index (κ3) is 6.17. The van der Waals surface area contributed by atoms with Crippen molar-refractivity contribution in [1.29, 1.82) is 0 Å². The molecule has 3 aromatic rings. The Morgan fingerprint density at radius 3 is 2.39 bits per heavy atom. The van der Waals surface area contributed by atoms with Crippen LogP contribution in [0, 0.1) is 20.8 Å². The van der Waals surface area contributed by atoms with Gasteiger partial charge in [0.15, 0.2) is 0 Å². The standard InChI is InChI=1S/C24H26N4O4S/c1-16-6-5-7-19(12-16)27-33(31,32)20-9-8-18(3)21(14-20)24(30)28(4)15-23(29)26-22-13-17(2)10-11-25-22/h5-14,27H,15H2,1-4H3,(H,25,26,29). The summed E-state index contributed by atoms with van der Waals surface area (Å²) in [4.78, 5) is 30.6. The molecule has 0 unspecified atom stereocenters. The first-order chi connectivity index (χ1) is 15.5. The number of carbonyl (C=O) groups is 2. The van der Waals surface area contributed by atoms with Crippen LogP contribution in [0.4, 0.5) is 11.5 Å². The Kier molecular flexibility index (Phi) is 7.13. The molecule has 0 radical (unpaired) electrons. The fraction of sp³-hybridized carbons (Fsp3) is 0.208. The number of nitrogens with one attached hydrogen (secondary N) is 2. The molecule has 0 saturated heterocycles. The van der Waals surface area contributed by atoms with E-state index in [-0.39, 0.29) is 17.0 Å². The number of aromatic nitrogens is 1. The molecular weight excluding hydrogens is 440 g/mol. The van der Waals surface area contributed by atoms with Crippen molar-refractivity contribution in [1.82, 2.24) is 9.88 Å². The molecule has 8 nitrogen and oxygen atoms in total. The van der Waals surface area contributed by atoms with Crippen LogP contribution in [0.3, 0.4) is 0 Å². The molecule has 1 aromatic heterocycles. The van der Waals surface area contributed by atoms with Crippen molar-refractivity contribution in [2.24, 2.45) is 0 Å². The molecule has 172 valence electrons. The van der Waals surface area contributed by atoms with Gasteiger partial charge in [-0.1, -0.05) is 18.2 Å². The van der Waals surface area contributed by atoms with Gasteiger partial charge in [0.05, 0.1) is 11.4 Å². The molecule has 33 heavy (non-hydrogen) atoms. The van der Waals surface area contributed by atoms with Gasteiger partial charge in [0.1, 0.15) is 5.82 Å². The Bertz CT molecular complexity index is 1310. The average molecular weight is 467 g/mol. The van der Waals surface area contributed by atoms with Crippen LogP contribution >= 0.6 is 0 Å². The van der Waals surface area contributed by atoms with E-state index < -0.39 is 21.8 Å². The lowest BCUT2D eigenvalue weighted by Gasteiger charge is -2.19. The summed E-state index contributed by atoms with van der Waals surface area (Å²) >= 11 is 0. The zero-order chi connectivity index (χ0) is 24.2. The second-order valence-corrected chi connectivity index (χ2v) is 9.56. The molecular formula is C24H26N4O4S. The van der Waals surface area contributed by atoms with E-state index in [0.717, 1.165) is 11.1 Å². The number of benzene rings is 2. The normalized spacial score (nSPS) is 11.0. The van der Waals surface area contributed by atoms with Crippen molar-refractivity contribution in [3.63, 3.8) is 0 Å². The summed E-state index contributed by atoms with van der Waals surface area (Å²) in [6.07, 6.45) is 1.58. The van der Waals surface area contributed by atoms with Crippen molar-refractivity contribution >= 4 is 33.3 Å². The summed E-state index contributed by atoms with van der Waals surface area (Å²) in [5.74, 6) is -0.480. The number of likely N-dealkylation sites (N-methyl/N-ethyl adjacent to an activating group) is 1. The maximum atomic E-state index is 13.0. The highest BCUT2D eigenvalue weighted by Gasteiger charge is 2.21. The predicted octanol–water partition coefficient (Wildman–Crippen LogP) is 3.52. The number of carbonyl (C=O) groups excluding carboxylic acids is 2. The van der Waals surface area contributed by atoms with E-state index in [4.69, 9.17) is 0 Å². The molecule has 3 rings (SSSR count).